The maximum absolute atomic E-state index is 12.4. The molecule has 8 heteroatoms. The molecule has 1 saturated heterocycles. The molecule has 1 aliphatic heterocycles. The van der Waals surface area contributed by atoms with Gasteiger partial charge >= 0.3 is 6.03 Å². The standard InChI is InChI=1S/C19H25N3O4S/c1-24-17-4-3-15(11-18(17)25-2)21-19(23)20-12-16(14-5-10-27-13-14)22-6-8-26-9-7-22/h3-5,10-11,13,16H,6-9,12H2,1-2H3,(H2,20,21,23). The largest absolute Gasteiger partial charge is 0.493 e. The molecule has 146 valence electrons. The molecule has 1 aromatic carbocycles. The number of amides is 2. The van der Waals surface area contributed by atoms with E-state index < -0.39 is 0 Å². The average molecular weight is 391 g/mol. The lowest BCUT2D eigenvalue weighted by molar-refractivity contribution is 0.0168. The number of morpholine rings is 1. The Morgan fingerprint density at radius 2 is 2.00 bits per heavy atom. The number of rotatable bonds is 7. The first-order valence-electron chi connectivity index (χ1n) is 8.82. The first kappa shape index (κ1) is 19.5. The topological polar surface area (TPSA) is 72.1 Å². The minimum absolute atomic E-state index is 0.135. The van der Waals surface area contributed by atoms with E-state index in [2.05, 4.69) is 32.4 Å². The van der Waals surface area contributed by atoms with Gasteiger partial charge in [0.15, 0.2) is 11.5 Å². The van der Waals surface area contributed by atoms with Crippen LogP contribution in [0.15, 0.2) is 35.0 Å². The predicted octanol–water partition coefficient (Wildman–Crippen LogP) is 2.96. The maximum atomic E-state index is 12.4. The normalized spacial score (nSPS) is 15.8. The first-order valence-corrected chi connectivity index (χ1v) is 9.76. The van der Waals surface area contributed by atoms with Gasteiger partial charge in [0, 0.05) is 31.4 Å². The van der Waals surface area contributed by atoms with Crippen molar-refractivity contribution in [2.45, 2.75) is 6.04 Å². The van der Waals surface area contributed by atoms with E-state index in [1.54, 1.807) is 43.8 Å². The van der Waals surface area contributed by atoms with E-state index in [0.29, 0.717) is 23.7 Å². The van der Waals surface area contributed by atoms with Gasteiger partial charge in [0.05, 0.1) is 33.5 Å². The second-order valence-corrected chi connectivity index (χ2v) is 6.91. The Balaban J connectivity index is 1.60. The van der Waals surface area contributed by atoms with Crippen molar-refractivity contribution in [3.63, 3.8) is 0 Å². The van der Waals surface area contributed by atoms with Gasteiger partial charge in [0.25, 0.3) is 0 Å². The minimum atomic E-state index is -0.254. The van der Waals surface area contributed by atoms with Crippen LogP contribution < -0.4 is 20.1 Å². The molecule has 2 N–H and O–H groups in total. The van der Waals surface area contributed by atoms with Crippen molar-refractivity contribution in [2.24, 2.45) is 0 Å². The number of anilines is 1. The maximum Gasteiger partial charge on any atom is 0.319 e. The van der Waals surface area contributed by atoms with Gasteiger partial charge in [-0.3, -0.25) is 4.90 Å². The fourth-order valence-corrected chi connectivity index (χ4v) is 3.80. The molecule has 0 bridgehead atoms. The molecule has 1 aromatic heterocycles. The molecule has 0 spiro atoms. The van der Waals surface area contributed by atoms with Crippen molar-refractivity contribution in [3.8, 4) is 11.5 Å². The molecule has 27 heavy (non-hydrogen) atoms. The van der Waals surface area contributed by atoms with Crippen LogP contribution in [-0.2, 0) is 4.74 Å². The fourth-order valence-electron chi connectivity index (χ4n) is 3.09. The summed E-state index contributed by atoms with van der Waals surface area (Å²) in [4.78, 5) is 14.7. The van der Waals surface area contributed by atoms with Gasteiger partial charge in [0.1, 0.15) is 0 Å². The van der Waals surface area contributed by atoms with Gasteiger partial charge in [-0.25, -0.2) is 4.79 Å². The quantitative estimate of drug-likeness (QED) is 0.759. The van der Waals surface area contributed by atoms with Gasteiger partial charge < -0.3 is 24.8 Å². The van der Waals surface area contributed by atoms with Gasteiger partial charge in [-0.1, -0.05) is 0 Å². The highest BCUT2D eigenvalue weighted by Gasteiger charge is 2.23. The molecule has 1 aliphatic rings. The molecule has 0 aliphatic carbocycles. The third-order valence-corrected chi connectivity index (χ3v) is 5.21. The zero-order chi connectivity index (χ0) is 19.1. The van der Waals surface area contributed by atoms with E-state index >= 15 is 0 Å². The molecule has 2 aromatic rings. The number of urea groups is 1. The zero-order valence-corrected chi connectivity index (χ0v) is 16.4. The average Bonchev–Trinajstić information content (AvgIpc) is 3.23. The Morgan fingerprint density at radius 1 is 1.22 bits per heavy atom. The van der Waals surface area contributed by atoms with Crippen LogP contribution in [-0.4, -0.2) is 58.0 Å². The van der Waals surface area contributed by atoms with Crippen molar-refractivity contribution in [1.29, 1.82) is 0 Å². The summed E-state index contributed by atoms with van der Waals surface area (Å²) < 4.78 is 15.9. The smallest absolute Gasteiger partial charge is 0.319 e. The summed E-state index contributed by atoms with van der Waals surface area (Å²) in [5.74, 6) is 1.19. The van der Waals surface area contributed by atoms with Gasteiger partial charge in [-0.2, -0.15) is 11.3 Å². The molecular weight excluding hydrogens is 366 g/mol. The number of ether oxygens (including phenoxy) is 3. The Labute approximate surface area is 163 Å². The highest BCUT2D eigenvalue weighted by atomic mass is 32.1. The van der Waals surface area contributed by atoms with E-state index in [4.69, 9.17) is 14.2 Å². The lowest BCUT2D eigenvalue weighted by Crippen LogP contribution is -2.44. The van der Waals surface area contributed by atoms with Crippen molar-refractivity contribution in [1.82, 2.24) is 10.2 Å². The molecule has 3 rings (SSSR count). The number of nitrogens with one attached hydrogen (secondary N) is 2. The van der Waals surface area contributed by atoms with Crippen LogP contribution in [0.2, 0.25) is 0 Å². The van der Waals surface area contributed by atoms with Crippen LogP contribution in [0.5, 0.6) is 11.5 Å². The van der Waals surface area contributed by atoms with Crippen LogP contribution >= 0.6 is 11.3 Å². The van der Waals surface area contributed by atoms with Crippen LogP contribution in [0.3, 0.4) is 0 Å². The van der Waals surface area contributed by atoms with E-state index in [9.17, 15) is 4.79 Å². The molecule has 0 radical (unpaired) electrons. The summed E-state index contributed by atoms with van der Waals surface area (Å²) in [6.07, 6.45) is 0. The second kappa shape index (κ2) is 9.59. The number of hydrogen-bond donors (Lipinski definition) is 2. The number of benzene rings is 1. The molecule has 1 unspecified atom stereocenters. The lowest BCUT2D eigenvalue weighted by Gasteiger charge is -2.34. The molecule has 2 heterocycles. The Morgan fingerprint density at radius 3 is 2.67 bits per heavy atom. The van der Waals surface area contributed by atoms with Gasteiger partial charge in [-0.05, 0) is 34.5 Å². The second-order valence-electron chi connectivity index (χ2n) is 6.13. The summed E-state index contributed by atoms with van der Waals surface area (Å²) in [5, 5.41) is 10.0. The van der Waals surface area contributed by atoms with E-state index in [1.165, 1.54) is 5.56 Å². The summed E-state index contributed by atoms with van der Waals surface area (Å²) in [5.41, 5.74) is 1.86. The van der Waals surface area contributed by atoms with Crippen LogP contribution in [0.1, 0.15) is 11.6 Å². The number of hydrogen-bond acceptors (Lipinski definition) is 6. The van der Waals surface area contributed by atoms with Crippen molar-refractivity contribution < 1.29 is 19.0 Å². The lowest BCUT2D eigenvalue weighted by atomic mass is 10.1. The van der Waals surface area contributed by atoms with E-state index in [1.807, 2.05) is 0 Å². The number of nitrogens with zero attached hydrogens (tertiary/aromatic N) is 1. The van der Waals surface area contributed by atoms with Crippen LogP contribution in [0.4, 0.5) is 10.5 Å². The van der Waals surface area contributed by atoms with Gasteiger partial charge in [-0.15, -0.1) is 0 Å². The minimum Gasteiger partial charge on any atom is -0.493 e. The molecule has 7 nitrogen and oxygen atoms in total. The predicted molar refractivity (Wildman–Crippen MR) is 106 cm³/mol. The Hall–Kier alpha value is -2.29. The van der Waals surface area contributed by atoms with Crippen molar-refractivity contribution >= 4 is 23.1 Å². The SMILES string of the molecule is COc1ccc(NC(=O)NCC(c2ccsc2)N2CCOCC2)cc1OC. The summed E-state index contributed by atoms with van der Waals surface area (Å²) >= 11 is 1.66. The van der Waals surface area contributed by atoms with Gasteiger partial charge in [0.2, 0.25) is 0 Å². The third-order valence-electron chi connectivity index (χ3n) is 4.51. The Bertz CT molecular complexity index is 733. The highest BCUT2D eigenvalue weighted by Crippen LogP contribution is 2.29. The van der Waals surface area contributed by atoms with Crippen LogP contribution in [0.25, 0.3) is 0 Å². The molecule has 0 saturated carbocycles. The molecule has 1 fully saturated rings. The number of carbonyl (C=O) groups excluding carboxylic acids is 1. The van der Waals surface area contributed by atoms with Crippen LogP contribution in [0, 0.1) is 0 Å². The van der Waals surface area contributed by atoms with Crippen molar-refractivity contribution in [3.05, 3.63) is 40.6 Å². The number of carbonyl (C=O) groups is 1. The summed E-state index contributed by atoms with van der Waals surface area (Å²) in [7, 11) is 3.14. The third kappa shape index (κ3) is 5.12. The highest BCUT2D eigenvalue weighted by molar-refractivity contribution is 7.07. The molecule has 2 amide bonds. The molecule has 1 atom stereocenters. The Kier molecular flexibility index (Phi) is 6.92. The van der Waals surface area contributed by atoms with Crippen molar-refractivity contribution in [2.75, 3.05) is 52.4 Å². The number of methoxy groups -OCH3 is 2. The zero-order valence-electron chi connectivity index (χ0n) is 15.6. The summed E-state index contributed by atoms with van der Waals surface area (Å²) in [6, 6.07) is 7.26. The fraction of sp³-hybridized carbons (Fsp3) is 0.421. The number of thiophene rings is 1. The molecular formula is C19H25N3O4S. The monoisotopic (exact) mass is 391 g/mol. The summed E-state index contributed by atoms with van der Waals surface area (Å²) in [6.45, 7) is 3.69. The first-order chi connectivity index (χ1) is 13.2. The van der Waals surface area contributed by atoms with E-state index in [-0.39, 0.29) is 12.1 Å². The van der Waals surface area contributed by atoms with E-state index in [0.717, 1.165) is 26.3 Å².